The van der Waals surface area contributed by atoms with E-state index >= 15 is 0 Å². The summed E-state index contributed by atoms with van der Waals surface area (Å²) in [5.41, 5.74) is 2.01. The zero-order chi connectivity index (χ0) is 14.0. The Morgan fingerprint density at radius 3 is 2.95 bits per heavy atom. The SMILES string of the molecule is CC1CN(c2cncc(C(=O)NN)n2)CCC1(F)F. The van der Waals surface area contributed by atoms with E-state index in [0.29, 0.717) is 5.82 Å². The molecule has 3 N–H and O–H groups in total. The Hall–Kier alpha value is -1.83. The number of amides is 1. The minimum absolute atomic E-state index is 0.0602. The second kappa shape index (κ2) is 5.04. The highest BCUT2D eigenvalue weighted by atomic mass is 19.3. The highest BCUT2D eigenvalue weighted by Gasteiger charge is 2.41. The summed E-state index contributed by atoms with van der Waals surface area (Å²) in [5.74, 6) is 1.43. The summed E-state index contributed by atoms with van der Waals surface area (Å²) >= 11 is 0. The van der Waals surface area contributed by atoms with Gasteiger partial charge in [-0.15, -0.1) is 0 Å². The van der Waals surface area contributed by atoms with Gasteiger partial charge in [0.05, 0.1) is 12.4 Å². The first-order valence-electron chi connectivity index (χ1n) is 5.90. The zero-order valence-corrected chi connectivity index (χ0v) is 10.4. The summed E-state index contributed by atoms with van der Waals surface area (Å²) < 4.78 is 26.8. The lowest BCUT2D eigenvalue weighted by Gasteiger charge is -2.37. The number of anilines is 1. The third-order valence-electron chi connectivity index (χ3n) is 3.24. The standard InChI is InChI=1S/C11H15F2N5O/c1-7-6-18(3-2-11(7,12)13)9-5-15-4-8(16-9)10(19)17-14/h4-5,7H,2-3,6,14H2,1H3,(H,17,19). The van der Waals surface area contributed by atoms with Crippen LogP contribution in [0.1, 0.15) is 23.8 Å². The van der Waals surface area contributed by atoms with E-state index < -0.39 is 17.7 Å². The Morgan fingerprint density at radius 1 is 1.58 bits per heavy atom. The van der Waals surface area contributed by atoms with Gasteiger partial charge >= 0.3 is 0 Å². The molecule has 2 heterocycles. The molecular weight excluding hydrogens is 256 g/mol. The van der Waals surface area contributed by atoms with Gasteiger partial charge in [0, 0.05) is 25.4 Å². The molecule has 0 saturated carbocycles. The van der Waals surface area contributed by atoms with E-state index in [4.69, 9.17) is 5.84 Å². The van der Waals surface area contributed by atoms with Crippen LogP contribution in [0.4, 0.5) is 14.6 Å². The topological polar surface area (TPSA) is 84.1 Å². The number of aromatic nitrogens is 2. The van der Waals surface area contributed by atoms with Crippen molar-refractivity contribution in [1.29, 1.82) is 0 Å². The van der Waals surface area contributed by atoms with Crippen LogP contribution in [0.25, 0.3) is 0 Å². The van der Waals surface area contributed by atoms with Crippen molar-refractivity contribution in [3.63, 3.8) is 0 Å². The Balaban J connectivity index is 2.17. The van der Waals surface area contributed by atoms with E-state index in [2.05, 4.69) is 9.97 Å². The summed E-state index contributed by atoms with van der Waals surface area (Å²) in [6.45, 7) is 1.85. The average molecular weight is 271 g/mol. The maximum absolute atomic E-state index is 13.4. The molecule has 0 aromatic carbocycles. The van der Waals surface area contributed by atoms with Crippen molar-refractivity contribution in [3.8, 4) is 0 Å². The number of hydrogen-bond donors (Lipinski definition) is 2. The average Bonchev–Trinajstić information content (AvgIpc) is 2.41. The van der Waals surface area contributed by atoms with Crippen molar-refractivity contribution < 1.29 is 13.6 Å². The van der Waals surface area contributed by atoms with Gasteiger partial charge in [0.2, 0.25) is 0 Å². The number of nitrogens with zero attached hydrogens (tertiary/aromatic N) is 3. The molecule has 0 aliphatic carbocycles. The molecule has 1 saturated heterocycles. The Kier molecular flexibility index (Phi) is 3.61. The van der Waals surface area contributed by atoms with E-state index in [1.165, 1.54) is 19.3 Å². The summed E-state index contributed by atoms with van der Waals surface area (Å²) in [4.78, 5) is 21.0. The molecule has 104 valence electrons. The third kappa shape index (κ3) is 2.78. The predicted octanol–water partition coefficient (Wildman–Crippen LogP) is 0.562. The summed E-state index contributed by atoms with van der Waals surface area (Å²) in [5, 5.41) is 0. The number of carbonyl (C=O) groups excluding carboxylic acids is 1. The summed E-state index contributed by atoms with van der Waals surface area (Å²) in [7, 11) is 0. The third-order valence-corrected chi connectivity index (χ3v) is 3.24. The Labute approximate surface area is 109 Å². The minimum atomic E-state index is -2.66. The first kappa shape index (κ1) is 13.6. The molecule has 6 nitrogen and oxygen atoms in total. The van der Waals surface area contributed by atoms with Gasteiger partial charge in [0.15, 0.2) is 0 Å². The molecule has 1 atom stereocenters. The van der Waals surface area contributed by atoms with Crippen molar-refractivity contribution >= 4 is 11.7 Å². The molecule has 0 bridgehead atoms. The number of piperidine rings is 1. The largest absolute Gasteiger partial charge is 0.355 e. The molecule has 19 heavy (non-hydrogen) atoms. The van der Waals surface area contributed by atoms with Gasteiger partial charge in [0.1, 0.15) is 11.5 Å². The molecule has 1 aliphatic heterocycles. The van der Waals surface area contributed by atoms with Crippen LogP contribution in [0.2, 0.25) is 0 Å². The van der Waals surface area contributed by atoms with Crippen LogP contribution in [0.15, 0.2) is 12.4 Å². The summed E-state index contributed by atoms with van der Waals surface area (Å²) in [6.07, 6.45) is 2.49. The van der Waals surface area contributed by atoms with E-state index in [1.807, 2.05) is 5.43 Å². The van der Waals surface area contributed by atoms with Crippen LogP contribution in [-0.4, -0.2) is 34.9 Å². The molecule has 8 heteroatoms. The van der Waals surface area contributed by atoms with Crippen LogP contribution in [0.5, 0.6) is 0 Å². The molecule has 0 spiro atoms. The van der Waals surface area contributed by atoms with Crippen LogP contribution < -0.4 is 16.2 Å². The highest BCUT2D eigenvalue weighted by molar-refractivity contribution is 5.91. The fourth-order valence-electron chi connectivity index (χ4n) is 1.99. The Morgan fingerprint density at radius 2 is 2.32 bits per heavy atom. The molecule has 2 rings (SSSR count). The molecule has 1 aliphatic rings. The van der Waals surface area contributed by atoms with E-state index in [1.54, 1.807) is 4.90 Å². The second-order valence-electron chi connectivity index (χ2n) is 4.59. The highest BCUT2D eigenvalue weighted by Crippen LogP contribution is 2.34. The quantitative estimate of drug-likeness (QED) is 0.466. The van der Waals surface area contributed by atoms with E-state index in [9.17, 15) is 13.6 Å². The fourth-order valence-corrected chi connectivity index (χ4v) is 1.99. The molecule has 1 fully saturated rings. The van der Waals surface area contributed by atoms with Crippen molar-refractivity contribution in [3.05, 3.63) is 18.1 Å². The number of hydrazine groups is 1. The van der Waals surface area contributed by atoms with Crippen molar-refractivity contribution in [2.24, 2.45) is 11.8 Å². The molecule has 1 aromatic rings. The van der Waals surface area contributed by atoms with Gasteiger partial charge in [-0.3, -0.25) is 15.2 Å². The predicted molar refractivity (Wildman–Crippen MR) is 64.6 cm³/mol. The van der Waals surface area contributed by atoms with Crippen molar-refractivity contribution in [2.75, 3.05) is 18.0 Å². The van der Waals surface area contributed by atoms with E-state index in [-0.39, 0.29) is 25.2 Å². The minimum Gasteiger partial charge on any atom is -0.355 e. The molecule has 0 radical (unpaired) electrons. The first-order valence-corrected chi connectivity index (χ1v) is 5.90. The van der Waals surface area contributed by atoms with Crippen LogP contribution in [-0.2, 0) is 0 Å². The van der Waals surface area contributed by atoms with Gasteiger partial charge in [-0.05, 0) is 0 Å². The van der Waals surface area contributed by atoms with Gasteiger partial charge < -0.3 is 4.90 Å². The number of rotatable bonds is 2. The lowest BCUT2D eigenvalue weighted by Crippen LogP contribution is -2.46. The van der Waals surface area contributed by atoms with Gasteiger partial charge in [-0.1, -0.05) is 6.92 Å². The molecule has 1 amide bonds. The Bertz CT molecular complexity index is 482. The summed E-state index contributed by atoms with van der Waals surface area (Å²) in [6, 6.07) is 0. The zero-order valence-electron chi connectivity index (χ0n) is 10.4. The lowest BCUT2D eigenvalue weighted by molar-refractivity contribution is -0.0652. The number of nitrogens with one attached hydrogen (secondary N) is 1. The maximum Gasteiger partial charge on any atom is 0.285 e. The normalized spacial score (nSPS) is 22.1. The number of nitrogen functional groups attached to an aromatic ring is 1. The number of alkyl halides is 2. The van der Waals surface area contributed by atoms with Crippen LogP contribution in [0.3, 0.4) is 0 Å². The van der Waals surface area contributed by atoms with Gasteiger partial charge in [-0.2, -0.15) is 0 Å². The molecule has 1 unspecified atom stereocenters. The number of nitrogens with two attached hydrogens (primary N) is 1. The smallest absolute Gasteiger partial charge is 0.285 e. The van der Waals surface area contributed by atoms with Crippen LogP contribution >= 0.6 is 0 Å². The van der Waals surface area contributed by atoms with Gasteiger partial charge in [-0.25, -0.2) is 19.6 Å². The number of halogens is 2. The lowest BCUT2D eigenvalue weighted by atomic mass is 9.95. The van der Waals surface area contributed by atoms with Crippen molar-refractivity contribution in [1.82, 2.24) is 15.4 Å². The first-order chi connectivity index (χ1) is 8.94. The maximum atomic E-state index is 13.4. The number of hydrogen-bond acceptors (Lipinski definition) is 5. The molecular formula is C11H15F2N5O. The van der Waals surface area contributed by atoms with E-state index in [0.717, 1.165) is 0 Å². The van der Waals surface area contributed by atoms with Crippen LogP contribution in [0, 0.1) is 5.92 Å². The molecule has 1 aromatic heterocycles. The van der Waals surface area contributed by atoms with Gasteiger partial charge in [0.25, 0.3) is 11.8 Å². The van der Waals surface area contributed by atoms with Crippen molar-refractivity contribution in [2.45, 2.75) is 19.3 Å². The fraction of sp³-hybridized carbons (Fsp3) is 0.545. The number of carbonyl (C=O) groups is 1. The monoisotopic (exact) mass is 271 g/mol. The second-order valence-corrected chi connectivity index (χ2v) is 4.59.